The van der Waals surface area contributed by atoms with Gasteiger partial charge in [0.15, 0.2) is 5.78 Å². The molecule has 0 aliphatic heterocycles. The molecule has 0 bridgehead atoms. The highest BCUT2D eigenvalue weighted by Crippen LogP contribution is 2.39. The zero-order valence-electron chi connectivity index (χ0n) is 15.1. The van der Waals surface area contributed by atoms with Crippen LogP contribution in [0.5, 0.6) is 23.0 Å². The fraction of sp³-hybridized carbons (Fsp3) is 0.190. The molecule has 0 aliphatic rings. The molecule has 27 heavy (non-hydrogen) atoms. The molecule has 0 heterocycles. The Bertz CT molecular complexity index is 879. The van der Waals surface area contributed by atoms with Crippen molar-refractivity contribution in [3.05, 3.63) is 64.7 Å². The van der Waals surface area contributed by atoms with E-state index in [9.17, 15) is 20.1 Å². The Morgan fingerprint density at radius 1 is 1.15 bits per heavy atom. The number of rotatable bonds is 7. The molecule has 0 spiro atoms. The SMILES string of the molecule is COc1cc(O)c(C/C=C(\C)CO)c(O)c1C(=O)/C=C/c1ccc(O)cc1. The maximum absolute atomic E-state index is 12.6. The lowest BCUT2D eigenvalue weighted by molar-refractivity contribution is 0.104. The van der Waals surface area contributed by atoms with Crippen LogP contribution in [0.15, 0.2) is 48.1 Å². The molecule has 0 aliphatic carbocycles. The zero-order valence-corrected chi connectivity index (χ0v) is 15.1. The molecular formula is C21H22O6. The largest absolute Gasteiger partial charge is 0.508 e. The summed E-state index contributed by atoms with van der Waals surface area (Å²) in [7, 11) is 1.34. The molecule has 2 aromatic rings. The standard InChI is InChI=1S/C21H22O6/c1-13(12-22)3-9-16-18(25)11-19(27-2)20(21(16)26)17(24)10-6-14-4-7-15(23)8-5-14/h3-8,10-11,22-23,25-26H,9,12H2,1-2H3/b10-6+,13-3+. The fourth-order valence-corrected chi connectivity index (χ4v) is 2.45. The van der Waals surface area contributed by atoms with Gasteiger partial charge in [-0.1, -0.05) is 29.9 Å². The second kappa shape index (κ2) is 8.91. The summed E-state index contributed by atoms with van der Waals surface area (Å²) in [5, 5.41) is 39.1. The topological polar surface area (TPSA) is 107 Å². The number of aliphatic hydroxyl groups is 1. The van der Waals surface area contributed by atoms with Crippen LogP contribution < -0.4 is 4.74 Å². The van der Waals surface area contributed by atoms with E-state index in [1.807, 2.05) is 0 Å². The first-order chi connectivity index (χ1) is 12.9. The van der Waals surface area contributed by atoms with Crippen molar-refractivity contribution in [2.45, 2.75) is 13.3 Å². The van der Waals surface area contributed by atoms with Crippen LogP contribution in [0.1, 0.15) is 28.4 Å². The summed E-state index contributed by atoms with van der Waals surface area (Å²) >= 11 is 0. The number of ketones is 1. The van der Waals surface area contributed by atoms with Crippen molar-refractivity contribution in [2.75, 3.05) is 13.7 Å². The number of aromatic hydroxyl groups is 3. The van der Waals surface area contributed by atoms with Gasteiger partial charge in [-0.15, -0.1) is 0 Å². The molecule has 0 fully saturated rings. The summed E-state index contributed by atoms with van der Waals surface area (Å²) in [6, 6.07) is 7.55. The number of carbonyl (C=O) groups excluding carboxylic acids is 1. The minimum absolute atomic E-state index is 0.0527. The van der Waals surface area contributed by atoms with Crippen LogP contribution in [-0.4, -0.2) is 39.9 Å². The first kappa shape index (κ1) is 20.1. The Labute approximate surface area is 157 Å². The maximum atomic E-state index is 12.6. The lowest BCUT2D eigenvalue weighted by Crippen LogP contribution is -2.02. The molecule has 0 amide bonds. The first-order valence-electron chi connectivity index (χ1n) is 8.27. The minimum Gasteiger partial charge on any atom is -0.508 e. The molecule has 6 nitrogen and oxygen atoms in total. The Kier molecular flexibility index (Phi) is 6.62. The van der Waals surface area contributed by atoms with Crippen molar-refractivity contribution in [3.8, 4) is 23.0 Å². The van der Waals surface area contributed by atoms with Crippen molar-refractivity contribution in [1.82, 2.24) is 0 Å². The predicted molar refractivity (Wildman–Crippen MR) is 102 cm³/mol. The molecule has 0 unspecified atom stereocenters. The van der Waals surface area contributed by atoms with Gasteiger partial charge in [-0.2, -0.15) is 0 Å². The van der Waals surface area contributed by atoms with E-state index in [0.717, 1.165) is 0 Å². The van der Waals surface area contributed by atoms with Gasteiger partial charge in [0.2, 0.25) is 0 Å². The predicted octanol–water partition coefficient (Wildman–Crippen LogP) is 3.19. The van der Waals surface area contributed by atoms with Crippen molar-refractivity contribution in [1.29, 1.82) is 0 Å². The summed E-state index contributed by atoms with van der Waals surface area (Å²) in [5.74, 6) is -0.898. The monoisotopic (exact) mass is 370 g/mol. The number of ether oxygens (including phenoxy) is 1. The molecule has 2 aromatic carbocycles. The third-order valence-corrected chi connectivity index (χ3v) is 4.04. The van der Waals surface area contributed by atoms with Crippen molar-refractivity contribution in [3.63, 3.8) is 0 Å². The lowest BCUT2D eigenvalue weighted by Gasteiger charge is -2.13. The van der Waals surface area contributed by atoms with Crippen molar-refractivity contribution < 1.29 is 30.0 Å². The van der Waals surface area contributed by atoms with Gasteiger partial charge in [0.05, 0.1) is 13.7 Å². The Balaban J connectivity index is 2.41. The van der Waals surface area contributed by atoms with Crippen molar-refractivity contribution in [2.24, 2.45) is 0 Å². The van der Waals surface area contributed by atoms with E-state index in [4.69, 9.17) is 9.84 Å². The zero-order chi connectivity index (χ0) is 20.0. The Hall–Kier alpha value is -3.25. The summed E-state index contributed by atoms with van der Waals surface area (Å²) in [5.41, 5.74) is 1.48. The highest BCUT2D eigenvalue weighted by molar-refractivity contribution is 6.11. The van der Waals surface area contributed by atoms with Gasteiger partial charge in [0, 0.05) is 11.6 Å². The third kappa shape index (κ3) is 4.89. The maximum Gasteiger partial charge on any atom is 0.193 e. The number of benzene rings is 2. The minimum atomic E-state index is -0.499. The summed E-state index contributed by atoms with van der Waals surface area (Å²) in [4.78, 5) is 12.6. The number of allylic oxidation sites excluding steroid dienone is 2. The molecule has 6 heteroatoms. The van der Waals surface area contributed by atoms with Crippen LogP contribution in [0.25, 0.3) is 6.08 Å². The normalized spacial score (nSPS) is 11.7. The molecule has 4 N–H and O–H groups in total. The second-order valence-corrected chi connectivity index (χ2v) is 6.00. The number of hydrogen-bond acceptors (Lipinski definition) is 6. The molecule has 0 saturated heterocycles. The van der Waals surface area contributed by atoms with E-state index >= 15 is 0 Å². The van der Waals surface area contributed by atoms with Crippen LogP contribution in [0, 0.1) is 0 Å². The Morgan fingerprint density at radius 3 is 2.41 bits per heavy atom. The van der Waals surface area contributed by atoms with E-state index in [1.165, 1.54) is 31.4 Å². The average molecular weight is 370 g/mol. The van der Waals surface area contributed by atoms with E-state index in [0.29, 0.717) is 11.1 Å². The second-order valence-electron chi connectivity index (χ2n) is 6.00. The van der Waals surface area contributed by atoms with Crippen molar-refractivity contribution >= 4 is 11.9 Å². The first-order valence-corrected chi connectivity index (χ1v) is 8.27. The molecule has 142 valence electrons. The quantitative estimate of drug-likeness (QED) is 0.339. The molecule has 2 rings (SSSR count). The number of aliphatic hydroxyl groups excluding tert-OH is 1. The van der Waals surface area contributed by atoms with E-state index in [1.54, 1.807) is 31.2 Å². The van der Waals surface area contributed by atoms with Gasteiger partial charge >= 0.3 is 0 Å². The molecule has 0 aromatic heterocycles. The van der Waals surface area contributed by atoms with Crippen LogP contribution in [-0.2, 0) is 6.42 Å². The Morgan fingerprint density at radius 2 is 1.81 bits per heavy atom. The molecular weight excluding hydrogens is 348 g/mol. The van der Waals surface area contributed by atoms with Crippen LogP contribution in [0.2, 0.25) is 0 Å². The van der Waals surface area contributed by atoms with Crippen LogP contribution >= 0.6 is 0 Å². The number of phenolic OH excluding ortho intramolecular Hbond substituents is 3. The summed E-state index contributed by atoms with van der Waals surface area (Å²) in [6.45, 7) is 1.57. The molecule has 0 atom stereocenters. The number of carbonyl (C=O) groups is 1. The molecule has 0 radical (unpaired) electrons. The lowest BCUT2D eigenvalue weighted by atomic mass is 9.99. The van der Waals surface area contributed by atoms with Gasteiger partial charge in [0.1, 0.15) is 28.6 Å². The van der Waals surface area contributed by atoms with E-state index in [-0.39, 0.29) is 47.2 Å². The summed E-state index contributed by atoms with van der Waals surface area (Å²) in [6.07, 6.45) is 4.63. The number of methoxy groups -OCH3 is 1. The van der Waals surface area contributed by atoms with Crippen LogP contribution in [0.3, 0.4) is 0 Å². The van der Waals surface area contributed by atoms with E-state index in [2.05, 4.69) is 0 Å². The van der Waals surface area contributed by atoms with Gasteiger partial charge in [-0.3, -0.25) is 4.79 Å². The third-order valence-electron chi connectivity index (χ3n) is 4.04. The number of hydrogen-bond donors (Lipinski definition) is 4. The van der Waals surface area contributed by atoms with Gasteiger partial charge in [0.25, 0.3) is 0 Å². The average Bonchev–Trinajstić information content (AvgIpc) is 2.66. The highest BCUT2D eigenvalue weighted by Gasteiger charge is 2.21. The molecule has 0 saturated carbocycles. The fourth-order valence-electron chi connectivity index (χ4n) is 2.45. The van der Waals surface area contributed by atoms with Gasteiger partial charge in [-0.25, -0.2) is 0 Å². The van der Waals surface area contributed by atoms with Gasteiger partial charge in [-0.05, 0) is 37.1 Å². The van der Waals surface area contributed by atoms with Crippen LogP contribution in [0.4, 0.5) is 0 Å². The number of phenols is 3. The summed E-state index contributed by atoms with van der Waals surface area (Å²) < 4.78 is 5.13. The van der Waals surface area contributed by atoms with E-state index < -0.39 is 5.78 Å². The van der Waals surface area contributed by atoms with Gasteiger partial charge < -0.3 is 25.2 Å². The smallest absolute Gasteiger partial charge is 0.193 e. The highest BCUT2D eigenvalue weighted by atomic mass is 16.5.